The molecular weight excluding hydrogens is 79.1 g/mol. The second-order valence-corrected chi connectivity index (χ2v) is 0. The van der Waals surface area contributed by atoms with Gasteiger partial charge in [-0.2, -0.15) is 6.92 Å². The van der Waals surface area contributed by atoms with E-state index in [1.165, 1.54) is 0 Å². The molecule has 0 amide bonds. The van der Waals surface area contributed by atoms with Crippen LogP contribution in [0.4, 0.5) is 0 Å². The molecule has 0 aromatic carbocycles. The van der Waals surface area contributed by atoms with Gasteiger partial charge >= 0.3 is 51.4 Å². The second-order valence-electron chi connectivity index (χ2n) is 0. The molecule has 0 bridgehead atoms. The molecule has 0 aliphatic rings. The standard InChI is InChI=1S/C2H5.K.H2O/c1-2;;/h1H2,2H3;;1H2/q-1;+1;/p-1. The van der Waals surface area contributed by atoms with Crippen LogP contribution in [0.2, 0.25) is 0 Å². The van der Waals surface area contributed by atoms with Gasteiger partial charge < -0.3 is 12.4 Å². The van der Waals surface area contributed by atoms with E-state index in [1.54, 1.807) is 6.92 Å². The van der Waals surface area contributed by atoms with Gasteiger partial charge in [-0.15, -0.1) is 0 Å². The average Bonchev–Trinajstić information content (AvgIpc) is 1.00. The molecule has 2 heteroatoms. The molecule has 0 aromatic rings. The Balaban J connectivity index is -0.00000000500. The fourth-order valence-corrected chi connectivity index (χ4v) is 0. The molecule has 1 N–H and O–H groups in total. The molecule has 0 fully saturated rings. The molecule has 0 aromatic heterocycles. The fourth-order valence-electron chi connectivity index (χ4n) is 0. The van der Waals surface area contributed by atoms with Gasteiger partial charge in [0.1, 0.15) is 0 Å². The second kappa shape index (κ2) is 23.3. The van der Waals surface area contributed by atoms with Gasteiger partial charge in [-0.3, -0.25) is 0 Å². The molecule has 0 radical (unpaired) electrons. The summed E-state index contributed by atoms with van der Waals surface area (Å²) in [6, 6.07) is 0. The largest absolute Gasteiger partial charge is 1.00 e. The molecule has 4 heavy (non-hydrogen) atoms. The van der Waals surface area contributed by atoms with Crippen molar-refractivity contribution in [1.82, 2.24) is 0 Å². The molecule has 22 valence electrons. The van der Waals surface area contributed by atoms with E-state index in [1.807, 2.05) is 0 Å². The van der Waals surface area contributed by atoms with E-state index >= 15 is 0 Å². The molecule has 0 unspecified atom stereocenters. The Morgan fingerprint density at radius 3 is 1.25 bits per heavy atom. The first-order valence-corrected chi connectivity index (χ1v) is 0.707. The van der Waals surface area contributed by atoms with Crippen LogP contribution >= 0.6 is 0 Å². The minimum atomic E-state index is 0. The normalized spacial score (nSPS) is 1.50. The zero-order chi connectivity index (χ0) is 2.00. The van der Waals surface area contributed by atoms with Crippen molar-refractivity contribution in [3.63, 3.8) is 0 Å². The Bertz CT molecular complexity index is 6.00. The van der Waals surface area contributed by atoms with E-state index in [0.29, 0.717) is 0 Å². The van der Waals surface area contributed by atoms with E-state index in [0.717, 1.165) is 0 Å². The van der Waals surface area contributed by atoms with E-state index in [4.69, 9.17) is 0 Å². The number of hydrogen-bond donors (Lipinski definition) is 0. The van der Waals surface area contributed by atoms with Gasteiger partial charge in [0.25, 0.3) is 0 Å². The smallest absolute Gasteiger partial charge is 0.870 e. The summed E-state index contributed by atoms with van der Waals surface area (Å²) >= 11 is 0. The molecule has 1 nitrogen and oxygen atoms in total. The summed E-state index contributed by atoms with van der Waals surface area (Å²) in [6.07, 6.45) is 0. The van der Waals surface area contributed by atoms with Crippen LogP contribution in [0.5, 0.6) is 0 Å². The molecule has 0 saturated heterocycles. The van der Waals surface area contributed by atoms with Crippen molar-refractivity contribution in [3.8, 4) is 0 Å². The minimum absolute atomic E-state index is 0. The van der Waals surface area contributed by atoms with E-state index in [-0.39, 0.29) is 56.9 Å². The van der Waals surface area contributed by atoms with Crippen LogP contribution in [0.3, 0.4) is 0 Å². The van der Waals surface area contributed by atoms with E-state index in [9.17, 15) is 0 Å². The van der Waals surface area contributed by atoms with Crippen molar-refractivity contribution in [2.24, 2.45) is 0 Å². The molecule has 0 atom stereocenters. The van der Waals surface area contributed by atoms with Gasteiger partial charge in [0.05, 0.1) is 0 Å². The molecule has 0 rings (SSSR count). The third kappa shape index (κ3) is 9.51. The molecule has 0 spiro atoms. The van der Waals surface area contributed by atoms with Crippen LogP contribution in [-0.2, 0) is 0 Å². The quantitative estimate of drug-likeness (QED) is 0.240. The molecule has 0 aliphatic carbocycles. The Labute approximate surface area is 69.5 Å². The van der Waals surface area contributed by atoms with Crippen molar-refractivity contribution < 1.29 is 56.9 Å². The van der Waals surface area contributed by atoms with Gasteiger partial charge in [0, 0.05) is 0 Å². The summed E-state index contributed by atoms with van der Waals surface area (Å²) in [5, 5.41) is 0. The van der Waals surface area contributed by atoms with E-state index in [2.05, 4.69) is 6.92 Å². The van der Waals surface area contributed by atoms with E-state index < -0.39 is 0 Å². The first-order valence-electron chi connectivity index (χ1n) is 0.707. The van der Waals surface area contributed by atoms with Crippen molar-refractivity contribution in [2.75, 3.05) is 0 Å². The van der Waals surface area contributed by atoms with Crippen molar-refractivity contribution in [1.29, 1.82) is 0 Å². The minimum Gasteiger partial charge on any atom is -0.870 e. The summed E-state index contributed by atoms with van der Waals surface area (Å²) in [5.41, 5.74) is 0. The molecule has 0 aliphatic heterocycles. The third-order valence-corrected chi connectivity index (χ3v) is 0. The average molecular weight is 85.2 g/mol. The monoisotopic (exact) mass is 85.0 g/mol. The van der Waals surface area contributed by atoms with Crippen LogP contribution < -0.4 is 51.4 Å². The zero-order valence-corrected chi connectivity index (χ0v) is 6.28. The van der Waals surface area contributed by atoms with Gasteiger partial charge in [-0.25, -0.2) is 0 Å². The maximum Gasteiger partial charge on any atom is 1.00 e. The van der Waals surface area contributed by atoms with Crippen LogP contribution in [0.15, 0.2) is 0 Å². The molecular formula is C2H6KO-. The Hall–Kier alpha value is 1.60. The summed E-state index contributed by atoms with van der Waals surface area (Å²) in [6.45, 7) is 5.00. The van der Waals surface area contributed by atoms with Crippen LogP contribution in [0.1, 0.15) is 6.92 Å². The van der Waals surface area contributed by atoms with Gasteiger partial charge in [0.2, 0.25) is 0 Å². The number of hydrogen-bond acceptors (Lipinski definition) is 1. The Kier molecular flexibility index (Phi) is 102. The predicted octanol–water partition coefficient (Wildman–Crippen LogP) is -2.33. The third-order valence-electron chi connectivity index (χ3n) is 0. The predicted molar refractivity (Wildman–Crippen MR) is 13.0 cm³/mol. The summed E-state index contributed by atoms with van der Waals surface area (Å²) in [4.78, 5) is 0. The SMILES string of the molecule is [CH2-]C.[K+].[OH-]. The molecule has 0 saturated carbocycles. The van der Waals surface area contributed by atoms with Gasteiger partial charge in [-0.05, 0) is 0 Å². The first-order chi connectivity index (χ1) is 1.00. The molecule has 0 heterocycles. The van der Waals surface area contributed by atoms with Crippen LogP contribution in [0.25, 0.3) is 0 Å². The van der Waals surface area contributed by atoms with Gasteiger partial charge in [0.15, 0.2) is 0 Å². The van der Waals surface area contributed by atoms with Crippen molar-refractivity contribution in [3.05, 3.63) is 6.92 Å². The first kappa shape index (κ1) is 17.5. The summed E-state index contributed by atoms with van der Waals surface area (Å²) in [5.74, 6) is 0. The maximum atomic E-state index is 3.25. The van der Waals surface area contributed by atoms with Crippen molar-refractivity contribution >= 4 is 0 Å². The van der Waals surface area contributed by atoms with Gasteiger partial charge in [-0.1, -0.05) is 0 Å². The van der Waals surface area contributed by atoms with Crippen molar-refractivity contribution in [2.45, 2.75) is 6.92 Å². The van der Waals surface area contributed by atoms with Crippen LogP contribution in [-0.4, -0.2) is 5.48 Å². The summed E-state index contributed by atoms with van der Waals surface area (Å²) in [7, 11) is 0. The Morgan fingerprint density at radius 1 is 1.25 bits per heavy atom. The summed E-state index contributed by atoms with van der Waals surface area (Å²) < 4.78 is 0. The number of rotatable bonds is 0. The fraction of sp³-hybridized carbons (Fsp3) is 0.500. The zero-order valence-electron chi connectivity index (χ0n) is 3.15. The Morgan fingerprint density at radius 2 is 1.25 bits per heavy atom. The topological polar surface area (TPSA) is 30.0 Å². The van der Waals surface area contributed by atoms with Crippen LogP contribution in [0, 0.1) is 6.92 Å². The maximum absolute atomic E-state index is 3.25.